The number of hydrazine groups is 1. The lowest BCUT2D eigenvalue weighted by Crippen LogP contribution is -2.37. The highest BCUT2D eigenvalue weighted by molar-refractivity contribution is 8.15. The molecule has 0 aromatic heterocycles. The first-order valence-corrected chi connectivity index (χ1v) is 9.19. The Labute approximate surface area is 161 Å². The van der Waals surface area contributed by atoms with Gasteiger partial charge in [-0.15, -0.1) is 0 Å². The zero-order valence-electron chi connectivity index (χ0n) is 14.7. The second-order valence-electron chi connectivity index (χ2n) is 6.03. The molecule has 1 saturated heterocycles. The van der Waals surface area contributed by atoms with Crippen LogP contribution in [-0.2, 0) is 11.2 Å². The Balaban J connectivity index is 1.53. The van der Waals surface area contributed by atoms with E-state index < -0.39 is 16.6 Å². The van der Waals surface area contributed by atoms with Crippen LogP contribution >= 0.6 is 11.8 Å². The molecular formula is C19H20N2O5S. The van der Waals surface area contributed by atoms with Crippen molar-refractivity contribution in [2.45, 2.75) is 17.8 Å². The average molecular weight is 388 g/mol. The lowest BCUT2D eigenvalue weighted by atomic mass is 10.1. The smallest absolute Gasteiger partial charge is 0.303 e. The highest BCUT2D eigenvalue weighted by Crippen LogP contribution is 2.28. The number of carbonyl (C=O) groups excluding carboxylic acids is 2. The zero-order chi connectivity index (χ0) is 19.4. The highest BCUT2D eigenvalue weighted by atomic mass is 32.2. The summed E-state index contributed by atoms with van der Waals surface area (Å²) in [6.07, 6.45) is -0.345. The van der Waals surface area contributed by atoms with E-state index in [9.17, 15) is 14.7 Å². The summed E-state index contributed by atoms with van der Waals surface area (Å²) in [7, 11) is 1.59. The second kappa shape index (κ2) is 8.43. The molecule has 8 heteroatoms. The fourth-order valence-electron chi connectivity index (χ4n) is 2.64. The van der Waals surface area contributed by atoms with Gasteiger partial charge in [-0.1, -0.05) is 24.3 Å². The summed E-state index contributed by atoms with van der Waals surface area (Å²) in [5.74, 6) is 6.33. The number of methoxy groups -OCH3 is 1. The minimum atomic E-state index is -0.760. The van der Waals surface area contributed by atoms with Crippen LogP contribution in [0.5, 0.6) is 11.5 Å². The van der Waals surface area contributed by atoms with Gasteiger partial charge in [-0.3, -0.25) is 9.59 Å². The van der Waals surface area contributed by atoms with Crippen molar-refractivity contribution in [3.8, 4) is 11.5 Å². The lowest BCUT2D eigenvalue weighted by Gasteiger charge is -2.14. The number of carbonyl (C=O) groups is 2. The van der Waals surface area contributed by atoms with Crippen molar-refractivity contribution in [1.29, 1.82) is 0 Å². The summed E-state index contributed by atoms with van der Waals surface area (Å²) < 4.78 is 10.7. The Morgan fingerprint density at radius 1 is 1.11 bits per heavy atom. The Kier molecular flexibility index (Phi) is 6.00. The van der Waals surface area contributed by atoms with Crippen LogP contribution < -0.4 is 15.3 Å². The molecule has 3 rings (SSSR count). The van der Waals surface area contributed by atoms with E-state index in [1.54, 1.807) is 43.5 Å². The quantitative estimate of drug-likeness (QED) is 0.554. The number of nitrogens with zero attached hydrogens (tertiary/aromatic N) is 1. The van der Waals surface area contributed by atoms with Crippen LogP contribution in [0.2, 0.25) is 0 Å². The normalized spacial score (nSPS) is 17.9. The van der Waals surface area contributed by atoms with Gasteiger partial charge in [-0.2, -0.15) is 0 Å². The van der Waals surface area contributed by atoms with Gasteiger partial charge in [0.1, 0.15) is 24.2 Å². The summed E-state index contributed by atoms with van der Waals surface area (Å²) in [4.78, 5) is 23.3. The molecule has 1 unspecified atom stereocenters. The van der Waals surface area contributed by atoms with Crippen molar-refractivity contribution in [2.24, 2.45) is 5.84 Å². The van der Waals surface area contributed by atoms with E-state index in [0.29, 0.717) is 17.2 Å². The molecule has 2 aromatic carbocycles. The van der Waals surface area contributed by atoms with Gasteiger partial charge in [0, 0.05) is 0 Å². The molecule has 1 aliphatic heterocycles. The highest BCUT2D eigenvalue weighted by Gasteiger charge is 2.37. The van der Waals surface area contributed by atoms with Gasteiger partial charge in [0.2, 0.25) is 0 Å². The van der Waals surface area contributed by atoms with Crippen molar-refractivity contribution in [2.75, 3.05) is 13.7 Å². The maximum Gasteiger partial charge on any atom is 0.303 e. The molecule has 0 aliphatic carbocycles. The second-order valence-corrected chi connectivity index (χ2v) is 7.18. The van der Waals surface area contributed by atoms with Crippen LogP contribution in [0.4, 0.5) is 4.79 Å². The van der Waals surface area contributed by atoms with Gasteiger partial charge < -0.3 is 14.6 Å². The number of hydrogen-bond acceptors (Lipinski definition) is 7. The standard InChI is InChI=1S/C19H20N2O5S/c1-25-14-8-4-13(5-9-14)16(22)11-26-15-6-2-12(3-7-15)10-17-18(23)21(20)19(24)27-17/h2-9,16-17,22H,10-11,20H2,1H3/t16-,17?/m0/s1. The largest absolute Gasteiger partial charge is 0.497 e. The van der Waals surface area contributed by atoms with Crippen LogP contribution in [0.3, 0.4) is 0 Å². The van der Waals surface area contributed by atoms with E-state index in [2.05, 4.69) is 0 Å². The molecule has 1 heterocycles. The minimum Gasteiger partial charge on any atom is -0.497 e. The summed E-state index contributed by atoms with van der Waals surface area (Å²) in [5.41, 5.74) is 1.63. The fraction of sp³-hybridized carbons (Fsp3) is 0.263. The monoisotopic (exact) mass is 388 g/mol. The molecule has 0 spiro atoms. The average Bonchev–Trinajstić information content (AvgIpc) is 2.94. The molecule has 2 aromatic rings. The molecule has 0 saturated carbocycles. The summed E-state index contributed by atoms with van der Waals surface area (Å²) in [6, 6.07) is 14.3. The Hall–Kier alpha value is -2.55. The van der Waals surface area contributed by atoms with Gasteiger partial charge in [-0.25, -0.2) is 10.9 Å². The van der Waals surface area contributed by atoms with Gasteiger partial charge >= 0.3 is 5.24 Å². The Morgan fingerprint density at radius 2 is 1.74 bits per heavy atom. The van der Waals surface area contributed by atoms with Crippen LogP contribution in [0, 0.1) is 0 Å². The molecule has 0 bridgehead atoms. The van der Waals surface area contributed by atoms with Crippen molar-refractivity contribution < 1.29 is 24.2 Å². The Morgan fingerprint density at radius 3 is 2.30 bits per heavy atom. The molecule has 142 valence electrons. The van der Waals surface area contributed by atoms with E-state index in [0.717, 1.165) is 28.6 Å². The third kappa shape index (κ3) is 4.60. The van der Waals surface area contributed by atoms with E-state index >= 15 is 0 Å². The Bertz CT molecular complexity index is 810. The van der Waals surface area contributed by atoms with Crippen molar-refractivity contribution in [3.05, 3.63) is 59.7 Å². The molecule has 0 radical (unpaired) electrons. The number of ether oxygens (including phenoxy) is 2. The van der Waals surface area contributed by atoms with Crippen LogP contribution in [0.1, 0.15) is 17.2 Å². The molecule has 1 aliphatic rings. The number of hydrogen-bond donors (Lipinski definition) is 2. The first-order chi connectivity index (χ1) is 13.0. The van der Waals surface area contributed by atoms with Gasteiger partial charge in [0.15, 0.2) is 0 Å². The molecule has 7 nitrogen and oxygen atoms in total. The minimum absolute atomic E-state index is 0.110. The number of nitrogens with two attached hydrogens (primary N) is 1. The van der Waals surface area contributed by atoms with Gasteiger partial charge in [-0.05, 0) is 53.6 Å². The summed E-state index contributed by atoms with van der Waals surface area (Å²) in [5, 5.41) is 9.95. The first-order valence-electron chi connectivity index (χ1n) is 8.31. The first kappa shape index (κ1) is 19.2. The van der Waals surface area contributed by atoms with Crippen molar-refractivity contribution in [3.63, 3.8) is 0 Å². The predicted molar refractivity (Wildman–Crippen MR) is 101 cm³/mol. The number of aliphatic hydroxyl groups excluding tert-OH is 1. The van der Waals surface area contributed by atoms with E-state index in [1.807, 2.05) is 12.1 Å². The number of imide groups is 1. The van der Waals surface area contributed by atoms with Crippen molar-refractivity contribution >= 4 is 22.9 Å². The fourth-order valence-corrected chi connectivity index (χ4v) is 3.57. The zero-order valence-corrected chi connectivity index (χ0v) is 15.5. The predicted octanol–water partition coefficient (Wildman–Crippen LogP) is 2.29. The van der Waals surface area contributed by atoms with Gasteiger partial charge in [0.25, 0.3) is 5.91 Å². The molecule has 1 fully saturated rings. The molecule has 2 amide bonds. The molecule has 27 heavy (non-hydrogen) atoms. The van der Waals surface area contributed by atoms with Gasteiger partial charge in [0.05, 0.1) is 12.4 Å². The number of benzene rings is 2. The maximum atomic E-state index is 11.8. The van der Waals surface area contributed by atoms with E-state index in [4.69, 9.17) is 15.3 Å². The van der Waals surface area contributed by atoms with E-state index in [-0.39, 0.29) is 12.5 Å². The van der Waals surface area contributed by atoms with E-state index in [1.165, 1.54) is 0 Å². The number of thioether (sulfide) groups is 1. The van der Waals surface area contributed by atoms with Crippen LogP contribution in [0.25, 0.3) is 0 Å². The number of amides is 2. The summed E-state index contributed by atoms with van der Waals surface area (Å²) in [6.45, 7) is 0.110. The van der Waals surface area contributed by atoms with Crippen molar-refractivity contribution in [1.82, 2.24) is 5.01 Å². The van der Waals surface area contributed by atoms with Crippen LogP contribution in [-0.4, -0.2) is 40.2 Å². The molecular weight excluding hydrogens is 368 g/mol. The number of aliphatic hydroxyl groups is 1. The maximum absolute atomic E-state index is 11.8. The van der Waals surface area contributed by atoms with Crippen LogP contribution in [0.15, 0.2) is 48.5 Å². The SMILES string of the molecule is COc1ccc([C@@H](O)COc2ccc(CC3SC(=O)N(N)C3=O)cc2)cc1. The third-order valence-corrected chi connectivity index (χ3v) is 5.26. The third-order valence-electron chi connectivity index (χ3n) is 4.21. The topological polar surface area (TPSA) is 102 Å². The lowest BCUT2D eigenvalue weighted by molar-refractivity contribution is -0.126. The molecule has 2 atom stereocenters. The summed E-state index contributed by atoms with van der Waals surface area (Å²) >= 11 is 0.934. The molecule has 3 N–H and O–H groups in total. The number of rotatable bonds is 7.